The molecule has 3 atom stereocenters. The summed E-state index contributed by atoms with van der Waals surface area (Å²) in [6.07, 6.45) is 0. The van der Waals surface area contributed by atoms with Crippen LogP contribution in [0.2, 0.25) is 0 Å². The van der Waals surface area contributed by atoms with Gasteiger partial charge >= 0.3 is 0 Å². The molecule has 3 N–H and O–H groups in total. The Morgan fingerprint density at radius 3 is 1.58 bits per heavy atom. The predicted molar refractivity (Wildman–Crippen MR) is 73.6 cm³/mol. The van der Waals surface area contributed by atoms with Crippen LogP contribution in [-0.4, -0.2) is 42.8 Å². The number of hydrogen-bond acceptors (Lipinski definition) is 4. The molecule has 2 amide bonds. The van der Waals surface area contributed by atoms with E-state index in [4.69, 9.17) is 0 Å². The fourth-order valence-corrected chi connectivity index (χ4v) is 1.44. The van der Waals surface area contributed by atoms with Crippen LogP contribution in [0.5, 0.6) is 0 Å². The third-order valence-electron chi connectivity index (χ3n) is 2.93. The van der Waals surface area contributed by atoms with Crippen molar-refractivity contribution in [2.24, 2.45) is 5.92 Å². The molecule has 0 bridgehead atoms. The zero-order valence-electron chi connectivity index (χ0n) is 12.5. The van der Waals surface area contributed by atoms with Gasteiger partial charge in [-0.3, -0.25) is 14.4 Å². The van der Waals surface area contributed by atoms with Crippen LogP contribution in [0.15, 0.2) is 0 Å². The number of amides is 2. The van der Waals surface area contributed by atoms with Gasteiger partial charge in [-0.2, -0.15) is 0 Å². The van der Waals surface area contributed by atoms with E-state index >= 15 is 0 Å². The number of Topliss-reactive ketones (excluding diaryl/α,β-unsaturated/α-hetero) is 1. The van der Waals surface area contributed by atoms with E-state index in [0.717, 1.165) is 0 Å². The van der Waals surface area contributed by atoms with Gasteiger partial charge in [0.25, 0.3) is 0 Å². The number of ketones is 1. The van der Waals surface area contributed by atoms with Gasteiger partial charge in [0.15, 0.2) is 5.78 Å². The van der Waals surface area contributed by atoms with Gasteiger partial charge in [-0.1, -0.05) is 13.8 Å². The van der Waals surface area contributed by atoms with E-state index in [1.54, 1.807) is 41.7 Å². The van der Waals surface area contributed by atoms with Gasteiger partial charge in [0.1, 0.15) is 6.04 Å². The molecule has 0 aromatic rings. The lowest BCUT2D eigenvalue weighted by atomic mass is 10.0. The van der Waals surface area contributed by atoms with E-state index < -0.39 is 12.1 Å². The van der Waals surface area contributed by atoms with Gasteiger partial charge < -0.3 is 16.0 Å². The van der Waals surface area contributed by atoms with Crippen molar-refractivity contribution in [3.63, 3.8) is 0 Å². The molecule has 110 valence electrons. The monoisotopic (exact) mass is 271 g/mol. The standard InChI is InChI=1S/C13H25N3O3/c1-7(2)11(17)8(3)15-13(19)10(5)16-12(18)9(4)14-6/h7-10,14H,1-6H3,(H,15,19)(H,16,18). The topological polar surface area (TPSA) is 87.3 Å². The van der Waals surface area contributed by atoms with Crippen LogP contribution in [0, 0.1) is 5.92 Å². The zero-order valence-corrected chi connectivity index (χ0v) is 12.5. The molecule has 6 nitrogen and oxygen atoms in total. The molecule has 0 aromatic carbocycles. The van der Waals surface area contributed by atoms with Crippen molar-refractivity contribution in [2.45, 2.75) is 52.7 Å². The largest absolute Gasteiger partial charge is 0.345 e. The van der Waals surface area contributed by atoms with Gasteiger partial charge in [0, 0.05) is 5.92 Å². The Kier molecular flexibility index (Phi) is 7.29. The first kappa shape index (κ1) is 17.6. The molecular weight excluding hydrogens is 246 g/mol. The predicted octanol–water partition coefficient (Wildman–Crippen LogP) is -0.171. The van der Waals surface area contributed by atoms with Crippen molar-refractivity contribution in [1.29, 1.82) is 0 Å². The van der Waals surface area contributed by atoms with Gasteiger partial charge in [0.2, 0.25) is 11.8 Å². The van der Waals surface area contributed by atoms with Crippen LogP contribution in [-0.2, 0) is 14.4 Å². The van der Waals surface area contributed by atoms with E-state index in [2.05, 4.69) is 16.0 Å². The molecule has 0 aliphatic rings. The smallest absolute Gasteiger partial charge is 0.242 e. The second kappa shape index (κ2) is 7.89. The first-order valence-electron chi connectivity index (χ1n) is 6.52. The Bertz CT molecular complexity index is 342. The summed E-state index contributed by atoms with van der Waals surface area (Å²) in [5.41, 5.74) is 0. The highest BCUT2D eigenvalue weighted by Gasteiger charge is 2.23. The summed E-state index contributed by atoms with van der Waals surface area (Å²) >= 11 is 0. The van der Waals surface area contributed by atoms with Gasteiger partial charge in [-0.25, -0.2) is 0 Å². The number of nitrogens with one attached hydrogen (secondary N) is 3. The third-order valence-corrected chi connectivity index (χ3v) is 2.93. The van der Waals surface area contributed by atoms with Crippen LogP contribution in [0.4, 0.5) is 0 Å². The highest BCUT2D eigenvalue weighted by atomic mass is 16.2. The third kappa shape index (κ3) is 5.83. The molecule has 3 unspecified atom stereocenters. The van der Waals surface area contributed by atoms with Crippen LogP contribution < -0.4 is 16.0 Å². The molecule has 0 spiro atoms. The highest BCUT2D eigenvalue weighted by Crippen LogP contribution is 1.99. The van der Waals surface area contributed by atoms with E-state index in [-0.39, 0.29) is 29.6 Å². The van der Waals surface area contributed by atoms with Crippen LogP contribution in [0.3, 0.4) is 0 Å². The lowest BCUT2D eigenvalue weighted by molar-refractivity contribution is -0.132. The van der Waals surface area contributed by atoms with Crippen molar-refractivity contribution in [3.8, 4) is 0 Å². The summed E-state index contributed by atoms with van der Waals surface area (Å²) < 4.78 is 0. The van der Waals surface area contributed by atoms with Crippen molar-refractivity contribution < 1.29 is 14.4 Å². The molecule has 0 aromatic heterocycles. The number of carbonyl (C=O) groups is 3. The highest BCUT2D eigenvalue weighted by molar-refractivity contribution is 5.93. The Morgan fingerprint density at radius 2 is 1.16 bits per heavy atom. The average molecular weight is 271 g/mol. The normalized spacial score (nSPS) is 15.5. The van der Waals surface area contributed by atoms with E-state index in [0.29, 0.717) is 0 Å². The second-order valence-electron chi connectivity index (χ2n) is 5.03. The number of hydrogen-bond donors (Lipinski definition) is 3. The van der Waals surface area contributed by atoms with Crippen molar-refractivity contribution >= 4 is 17.6 Å². The Morgan fingerprint density at radius 1 is 0.737 bits per heavy atom. The summed E-state index contributed by atoms with van der Waals surface area (Å²) in [6.45, 7) is 8.49. The maximum Gasteiger partial charge on any atom is 0.242 e. The summed E-state index contributed by atoms with van der Waals surface area (Å²) in [6, 6.07) is -1.59. The van der Waals surface area contributed by atoms with Gasteiger partial charge in [-0.15, -0.1) is 0 Å². The molecule has 0 aliphatic carbocycles. The molecule has 0 aliphatic heterocycles. The number of rotatable bonds is 7. The fourth-order valence-electron chi connectivity index (χ4n) is 1.44. The molecule has 19 heavy (non-hydrogen) atoms. The van der Waals surface area contributed by atoms with E-state index in [1.165, 1.54) is 0 Å². The minimum Gasteiger partial charge on any atom is -0.345 e. The number of carbonyl (C=O) groups excluding carboxylic acids is 3. The van der Waals surface area contributed by atoms with Crippen molar-refractivity contribution in [1.82, 2.24) is 16.0 Å². The fraction of sp³-hybridized carbons (Fsp3) is 0.769. The molecule has 6 heteroatoms. The minimum absolute atomic E-state index is 0.0320. The zero-order chi connectivity index (χ0) is 15.2. The van der Waals surface area contributed by atoms with Gasteiger partial charge in [0.05, 0.1) is 12.1 Å². The van der Waals surface area contributed by atoms with E-state index in [1.807, 2.05) is 0 Å². The lowest BCUT2D eigenvalue weighted by Crippen LogP contribution is -2.52. The molecule has 0 saturated heterocycles. The first-order valence-corrected chi connectivity index (χ1v) is 6.52. The van der Waals surface area contributed by atoms with Crippen LogP contribution >= 0.6 is 0 Å². The van der Waals surface area contributed by atoms with Crippen molar-refractivity contribution in [2.75, 3.05) is 7.05 Å². The summed E-state index contributed by atoms with van der Waals surface area (Å²) in [5.74, 6) is -0.786. The molecule has 0 radical (unpaired) electrons. The SMILES string of the molecule is CNC(C)C(=O)NC(C)C(=O)NC(C)C(=O)C(C)C. The molecule has 0 rings (SSSR count). The quantitative estimate of drug-likeness (QED) is 0.600. The maximum atomic E-state index is 11.8. The summed E-state index contributed by atoms with van der Waals surface area (Å²) in [4.78, 5) is 35.1. The lowest BCUT2D eigenvalue weighted by Gasteiger charge is -2.20. The molecule has 0 fully saturated rings. The van der Waals surface area contributed by atoms with Gasteiger partial charge in [-0.05, 0) is 27.8 Å². The second-order valence-corrected chi connectivity index (χ2v) is 5.03. The molecule has 0 heterocycles. The van der Waals surface area contributed by atoms with Crippen LogP contribution in [0.25, 0.3) is 0 Å². The summed E-state index contributed by atoms with van der Waals surface area (Å²) in [7, 11) is 1.67. The van der Waals surface area contributed by atoms with E-state index in [9.17, 15) is 14.4 Å². The average Bonchev–Trinajstić information content (AvgIpc) is 2.35. The summed E-state index contributed by atoms with van der Waals surface area (Å²) in [5, 5.41) is 7.96. The van der Waals surface area contributed by atoms with Crippen molar-refractivity contribution in [3.05, 3.63) is 0 Å². The molecular formula is C13H25N3O3. The molecule has 0 saturated carbocycles. The first-order chi connectivity index (χ1) is 8.70. The Labute approximate surface area is 114 Å². The number of likely N-dealkylation sites (N-methyl/N-ethyl adjacent to an activating group) is 1. The minimum atomic E-state index is -0.675. The van der Waals surface area contributed by atoms with Crippen LogP contribution in [0.1, 0.15) is 34.6 Å². The Hall–Kier alpha value is -1.43. The Balaban J connectivity index is 4.35. The maximum absolute atomic E-state index is 11.8.